The maximum Gasteiger partial charge on any atom is 0.136 e. The molecule has 0 atom stereocenters. The molecule has 10 aromatic rings. The molecule has 10 rings (SSSR count). The number of anilines is 3. The largest absolute Gasteiger partial charge is 0.456 e. The van der Waals surface area contributed by atoms with Crippen molar-refractivity contribution in [2.75, 3.05) is 4.90 Å². The summed E-state index contributed by atoms with van der Waals surface area (Å²) in [6.07, 6.45) is 0. The molecule has 0 saturated carbocycles. The molecule has 0 spiro atoms. The summed E-state index contributed by atoms with van der Waals surface area (Å²) in [4.78, 5) is 2.38. The van der Waals surface area contributed by atoms with Crippen LogP contribution in [-0.2, 0) is 0 Å². The van der Waals surface area contributed by atoms with Gasteiger partial charge in [0.05, 0.1) is 0 Å². The van der Waals surface area contributed by atoms with E-state index in [2.05, 4.69) is 169 Å². The zero-order valence-corrected chi connectivity index (χ0v) is 26.1. The van der Waals surface area contributed by atoms with Gasteiger partial charge in [-0.1, -0.05) is 127 Å². The molecule has 0 fully saturated rings. The molecule has 48 heavy (non-hydrogen) atoms. The first-order valence-corrected chi connectivity index (χ1v) is 16.4. The Labute approximate surface area is 277 Å². The summed E-state index contributed by atoms with van der Waals surface area (Å²) in [5, 5.41) is 12.2. The molecule has 0 amide bonds. The number of fused-ring (bicyclic) bond motifs is 10. The Morgan fingerprint density at radius 1 is 0.312 bits per heavy atom. The van der Waals surface area contributed by atoms with Gasteiger partial charge < -0.3 is 9.32 Å². The standard InChI is InChI=1S/C46H29NO/c1-2-8-30(9-3-1)31-18-22-36(23-19-31)47(38-24-20-33-21-27-44-46(42(33)29-38)41-12-6-7-13-43(41)48-44)37-25-26-40-35(28-37)17-16-34-15-14-32-10-4-5-11-39(32)45(34)40/h1-29H. The van der Waals surface area contributed by atoms with E-state index in [0.717, 1.165) is 39.0 Å². The van der Waals surface area contributed by atoms with Crippen LogP contribution in [0.1, 0.15) is 0 Å². The summed E-state index contributed by atoms with van der Waals surface area (Å²) in [6, 6.07) is 63.4. The SMILES string of the molecule is c1ccc(-c2ccc(N(c3ccc4c(ccc5ccc6ccccc6c54)c3)c3ccc4ccc5oc6ccccc6c5c4c3)cc2)cc1. The Balaban J connectivity index is 1.20. The minimum Gasteiger partial charge on any atom is -0.456 e. The summed E-state index contributed by atoms with van der Waals surface area (Å²) in [7, 11) is 0. The van der Waals surface area contributed by atoms with E-state index < -0.39 is 0 Å². The molecule has 2 heteroatoms. The third-order valence-electron chi connectivity index (χ3n) is 9.80. The van der Waals surface area contributed by atoms with Gasteiger partial charge in [0.25, 0.3) is 0 Å². The molecule has 0 bridgehead atoms. The van der Waals surface area contributed by atoms with Crippen molar-refractivity contribution in [2.45, 2.75) is 0 Å². The fraction of sp³-hybridized carbons (Fsp3) is 0. The summed E-state index contributed by atoms with van der Waals surface area (Å²) >= 11 is 0. The molecule has 9 aromatic carbocycles. The van der Waals surface area contributed by atoms with Gasteiger partial charge in [-0.05, 0) is 103 Å². The third-order valence-corrected chi connectivity index (χ3v) is 9.80. The van der Waals surface area contributed by atoms with E-state index in [1.807, 2.05) is 12.1 Å². The lowest BCUT2D eigenvalue weighted by atomic mass is 9.96. The molecule has 1 heterocycles. The van der Waals surface area contributed by atoms with Crippen molar-refractivity contribution < 1.29 is 4.42 Å². The number of hydrogen-bond donors (Lipinski definition) is 0. The van der Waals surface area contributed by atoms with Crippen LogP contribution >= 0.6 is 0 Å². The molecule has 0 aliphatic rings. The quantitative estimate of drug-likeness (QED) is 0.184. The average molecular weight is 612 g/mol. The number of nitrogens with zero attached hydrogens (tertiary/aromatic N) is 1. The second kappa shape index (κ2) is 10.6. The van der Waals surface area contributed by atoms with Crippen LogP contribution in [0, 0.1) is 0 Å². The van der Waals surface area contributed by atoms with Gasteiger partial charge in [0.2, 0.25) is 0 Å². The fourth-order valence-electron chi connectivity index (χ4n) is 7.51. The highest BCUT2D eigenvalue weighted by atomic mass is 16.3. The molecular formula is C46H29NO. The van der Waals surface area contributed by atoms with Crippen LogP contribution in [0.4, 0.5) is 17.1 Å². The van der Waals surface area contributed by atoms with Gasteiger partial charge in [-0.2, -0.15) is 0 Å². The third kappa shape index (κ3) is 4.20. The fourth-order valence-corrected chi connectivity index (χ4v) is 7.51. The predicted octanol–water partition coefficient (Wildman–Crippen LogP) is 13.3. The number of rotatable bonds is 4. The Hall–Kier alpha value is -6.38. The average Bonchev–Trinajstić information content (AvgIpc) is 3.54. The second-order valence-corrected chi connectivity index (χ2v) is 12.5. The van der Waals surface area contributed by atoms with E-state index in [0.29, 0.717) is 0 Å². The Morgan fingerprint density at radius 3 is 1.77 bits per heavy atom. The summed E-state index contributed by atoms with van der Waals surface area (Å²) in [5.41, 5.74) is 7.53. The van der Waals surface area contributed by atoms with E-state index in [1.165, 1.54) is 54.2 Å². The Morgan fingerprint density at radius 2 is 0.896 bits per heavy atom. The molecule has 2 nitrogen and oxygen atoms in total. The monoisotopic (exact) mass is 611 g/mol. The Bertz CT molecular complexity index is 2830. The molecule has 0 unspecified atom stereocenters. The van der Waals surface area contributed by atoms with Gasteiger partial charge in [0, 0.05) is 27.8 Å². The van der Waals surface area contributed by atoms with Gasteiger partial charge in [-0.25, -0.2) is 0 Å². The molecule has 0 radical (unpaired) electrons. The van der Waals surface area contributed by atoms with E-state index >= 15 is 0 Å². The zero-order valence-electron chi connectivity index (χ0n) is 26.1. The first-order valence-electron chi connectivity index (χ1n) is 16.4. The molecule has 0 aliphatic carbocycles. The predicted molar refractivity (Wildman–Crippen MR) is 204 cm³/mol. The lowest BCUT2D eigenvalue weighted by Gasteiger charge is -2.26. The first-order chi connectivity index (χ1) is 23.8. The van der Waals surface area contributed by atoms with Crippen LogP contribution in [0.5, 0.6) is 0 Å². The minimum absolute atomic E-state index is 0.907. The topological polar surface area (TPSA) is 16.4 Å². The first kappa shape index (κ1) is 26.8. The van der Waals surface area contributed by atoms with E-state index in [9.17, 15) is 0 Å². The lowest BCUT2D eigenvalue weighted by Crippen LogP contribution is -2.10. The van der Waals surface area contributed by atoms with Gasteiger partial charge >= 0.3 is 0 Å². The maximum absolute atomic E-state index is 6.29. The second-order valence-electron chi connectivity index (χ2n) is 12.5. The van der Waals surface area contributed by atoms with Gasteiger partial charge in [0.15, 0.2) is 0 Å². The van der Waals surface area contributed by atoms with E-state index in [-0.39, 0.29) is 0 Å². The molecule has 0 N–H and O–H groups in total. The van der Waals surface area contributed by atoms with E-state index in [4.69, 9.17) is 4.42 Å². The Kier molecular flexibility index (Phi) is 5.91. The van der Waals surface area contributed by atoms with Gasteiger partial charge in [-0.15, -0.1) is 0 Å². The van der Waals surface area contributed by atoms with E-state index in [1.54, 1.807) is 0 Å². The van der Waals surface area contributed by atoms with Crippen molar-refractivity contribution in [1.29, 1.82) is 0 Å². The van der Waals surface area contributed by atoms with Crippen molar-refractivity contribution in [3.8, 4) is 11.1 Å². The molecule has 224 valence electrons. The summed E-state index contributed by atoms with van der Waals surface area (Å²) in [5.74, 6) is 0. The summed E-state index contributed by atoms with van der Waals surface area (Å²) < 4.78 is 6.29. The van der Waals surface area contributed by atoms with Crippen molar-refractivity contribution in [1.82, 2.24) is 0 Å². The van der Waals surface area contributed by atoms with Gasteiger partial charge in [-0.3, -0.25) is 0 Å². The van der Waals surface area contributed by atoms with Crippen LogP contribution in [0.2, 0.25) is 0 Å². The number of furan rings is 1. The van der Waals surface area contributed by atoms with Crippen LogP contribution in [0.15, 0.2) is 180 Å². The number of para-hydroxylation sites is 1. The lowest BCUT2D eigenvalue weighted by molar-refractivity contribution is 0.669. The van der Waals surface area contributed by atoms with Crippen LogP contribution in [0.25, 0.3) is 76.2 Å². The van der Waals surface area contributed by atoms with Crippen molar-refractivity contribution >= 4 is 82.1 Å². The zero-order chi connectivity index (χ0) is 31.6. The van der Waals surface area contributed by atoms with Crippen LogP contribution in [-0.4, -0.2) is 0 Å². The highest BCUT2D eigenvalue weighted by Gasteiger charge is 2.17. The van der Waals surface area contributed by atoms with Crippen molar-refractivity contribution in [2.24, 2.45) is 0 Å². The van der Waals surface area contributed by atoms with Crippen molar-refractivity contribution in [3.63, 3.8) is 0 Å². The number of benzene rings is 9. The van der Waals surface area contributed by atoms with Gasteiger partial charge in [0.1, 0.15) is 11.2 Å². The molecule has 0 aliphatic heterocycles. The minimum atomic E-state index is 0.907. The molecule has 0 saturated heterocycles. The normalized spacial score (nSPS) is 11.8. The van der Waals surface area contributed by atoms with Crippen LogP contribution < -0.4 is 4.90 Å². The molecule has 1 aromatic heterocycles. The smallest absolute Gasteiger partial charge is 0.136 e. The van der Waals surface area contributed by atoms with Crippen LogP contribution in [0.3, 0.4) is 0 Å². The van der Waals surface area contributed by atoms with Crippen molar-refractivity contribution in [3.05, 3.63) is 176 Å². The summed E-state index contributed by atoms with van der Waals surface area (Å²) in [6.45, 7) is 0. The number of hydrogen-bond acceptors (Lipinski definition) is 2. The highest BCUT2D eigenvalue weighted by molar-refractivity contribution is 6.21. The maximum atomic E-state index is 6.29. The molecular weight excluding hydrogens is 583 g/mol. The highest BCUT2D eigenvalue weighted by Crippen LogP contribution is 2.42.